The Bertz CT molecular complexity index is 228. The minimum atomic E-state index is 1.06. The van der Waals surface area contributed by atoms with Crippen molar-refractivity contribution >= 4 is 0 Å². The van der Waals surface area contributed by atoms with Crippen LogP contribution < -0.4 is 0 Å². The van der Waals surface area contributed by atoms with Gasteiger partial charge in [-0.15, -0.1) is 0 Å². The van der Waals surface area contributed by atoms with Crippen LogP contribution in [0.15, 0.2) is 48.6 Å². The van der Waals surface area contributed by atoms with Crippen LogP contribution >= 0.6 is 0 Å². The minimum absolute atomic E-state index is 1.06. The molecule has 0 aromatic carbocycles. The van der Waals surface area contributed by atoms with Crippen LogP contribution in [0.3, 0.4) is 0 Å². The molecule has 0 heteroatoms. The van der Waals surface area contributed by atoms with Crippen molar-refractivity contribution < 1.29 is 0 Å². The second-order valence-electron chi connectivity index (χ2n) is 3.54. The van der Waals surface area contributed by atoms with Gasteiger partial charge in [0.2, 0.25) is 0 Å². The smallest absolute Gasteiger partial charge is 0.0166 e. The van der Waals surface area contributed by atoms with E-state index in [1.165, 1.54) is 32.1 Å². The standard InChI is InChI=1S/C14H20/c1-2-4-6-8-10-12-14-13-11-9-7-5-3-1/h1-4,7,9,12,14H,5-6,8,10-11,13H2/b3-1?,4-2?,9-7-,14-12-. The Morgan fingerprint density at radius 2 is 1.14 bits per heavy atom. The van der Waals surface area contributed by atoms with Gasteiger partial charge in [0.25, 0.3) is 0 Å². The highest BCUT2D eigenvalue weighted by atomic mass is 13.9. The van der Waals surface area contributed by atoms with E-state index in [0.717, 1.165) is 6.42 Å². The van der Waals surface area contributed by atoms with Crippen molar-refractivity contribution in [2.75, 3.05) is 0 Å². The summed E-state index contributed by atoms with van der Waals surface area (Å²) < 4.78 is 0. The molecule has 0 atom stereocenters. The van der Waals surface area contributed by atoms with Crippen molar-refractivity contribution in [2.24, 2.45) is 0 Å². The zero-order chi connectivity index (χ0) is 9.90. The molecule has 0 heterocycles. The molecule has 0 amide bonds. The molecule has 1 aliphatic carbocycles. The van der Waals surface area contributed by atoms with E-state index < -0.39 is 0 Å². The first kappa shape index (κ1) is 11.0. The van der Waals surface area contributed by atoms with E-state index in [0.29, 0.717) is 0 Å². The summed E-state index contributed by atoms with van der Waals surface area (Å²) in [5.74, 6) is 0. The molecule has 0 spiro atoms. The van der Waals surface area contributed by atoms with Gasteiger partial charge in [-0.25, -0.2) is 0 Å². The highest BCUT2D eigenvalue weighted by Gasteiger charge is 1.81. The van der Waals surface area contributed by atoms with Gasteiger partial charge >= 0.3 is 0 Å². The van der Waals surface area contributed by atoms with Gasteiger partial charge in [-0.3, -0.25) is 0 Å². The highest BCUT2D eigenvalue weighted by Crippen LogP contribution is 2.02. The lowest BCUT2D eigenvalue weighted by Crippen LogP contribution is -1.71. The van der Waals surface area contributed by atoms with E-state index in [9.17, 15) is 0 Å². The van der Waals surface area contributed by atoms with Crippen molar-refractivity contribution in [1.29, 1.82) is 0 Å². The highest BCUT2D eigenvalue weighted by molar-refractivity contribution is 5.05. The summed E-state index contributed by atoms with van der Waals surface area (Å²) >= 11 is 0. The van der Waals surface area contributed by atoms with Crippen LogP contribution in [0.25, 0.3) is 0 Å². The van der Waals surface area contributed by atoms with Gasteiger partial charge in [-0.2, -0.15) is 0 Å². The normalized spacial score (nSPS) is 24.0. The maximum atomic E-state index is 2.31. The Balaban J connectivity index is 2.34. The van der Waals surface area contributed by atoms with Crippen molar-refractivity contribution in [3.05, 3.63) is 48.6 Å². The van der Waals surface area contributed by atoms with Crippen LogP contribution in [-0.2, 0) is 0 Å². The molecule has 14 heavy (non-hydrogen) atoms. The van der Waals surface area contributed by atoms with Crippen LogP contribution in [0.4, 0.5) is 0 Å². The fourth-order valence-electron chi connectivity index (χ4n) is 1.41. The Morgan fingerprint density at radius 3 is 2.07 bits per heavy atom. The summed E-state index contributed by atoms with van der Waals surface area (Å²) in [6, 6.07) is 0. The fourth-order valence-corrected chi connectivity index (χ4v) is 1.41. The lowest BCUT2D eigenvalue weighted by Gasteiger charge is -1.91. The molecule has 0 radical (unpaired) electrons. The molecule has 0 aromatic heterocycles. The third kappa shape index (κ3) is 6.47. The monoisotopic (exact) mass is 188 g/mol. The molecular weight excluding hydrogens is 168 g/mol. The molecule has 76 valence electrons. The van der Waals surface area contributed by atoms with Gasteiger partial charge in [0.05, 0.1) is 0 Å². The van der Waals surface area contributed by atoms with Crippen molar-refractivity contribution in [2.45, 2.75) is 38.5 Å². The first-order chi connectivity index (χ1) is 7.00. The molecule has 0 unspecified atom stereocenters. The number of hydrogen-bond acceptors (Lipinski definition) is 0. The number of hydrogen-bond donors (Lipinski definition) is 0. The Labute approximate surface area is 87.7 Å². The van der Waals surface area contributed by atoms with Gasteiger partial charge in [0.1, 0.15) is 0 Å². The predicted molar refractivity (Wildman–Crippen MR) is 64.3 cm³/mol. The third-order valence-corrected chi connectivity index (χ3v) is 2.23. The lowest BCUT2D eigenvalue weighted by atomic mass is 10.2. The maximum absolute atomic E-state index is 2.31. The van der Waals surface area contributed by atoms with Gasteiger partial charge < -0.3 is 0 Å². The summed E-state index contributed by atoms with van der Waals surface area (Å²) in [5, 5.41) is 0. The van der Waals surface area contributed by atoms with Crippen molar-refractivity contribution in [3.8, 4) is 0 Å². The molecule has 0 nitrogen and oxygen atoms in total. The minimum Gasteiger partial charge on any atom is -0.0885 e. The van der Waals surface area contributed by atoms with Crippen LogP contribution in [0.2, 0.25) is 0 Å². The summed E-state index contributed by atoms with van der Waals surface area (Å²) in [6.45, 7) is 0. The predicted octanol–water partition coefficient (Wildman–Crippen LogP) is 4.57. The Kier molecular flexibility index (Phi) is 6.74. The van der Waals surface area contributed by atoms with Gasteiger partial charge in [-0.1, -0.05) is 48.6 Å². The van der Waals surface area contributed by atoms with Crippen LogP contribution in [0, 0.1) is 0 Å². The molecule has 1 rings (SSSR count). The zero-order valence-electron chi connectivity index (χ0n) is 8.86. The lowest BCUT2D eigenvalue weighted by molar-refractivity contribution is 0.862. The second-order valence-corrected chi connectivity index (χ2v) is 3.54. The SMILES string of the molecule is C1=CC/C=C\CC/C=C\CCCC=C1. The van der Waals surface area contributed by atoms with E-state index in [4.69, 9.17) is 0 Å². The molecule has 0 N–H and O–H groups in total. The second kappa shape index (κ2) is 8.55. The molecule has 1 aliphatic rings. The van der Waals surface area contributed by atoms with Gasteiger partial charge in [0, 0.05) is 0 Å². The fraction of sp³-hybridized carbons (Fsp3) is 0.429. The summed E-state index contributed by atoms with van der Waals surface area (Å²) in [6.07, 6.45) is 25.0. The third-order valence-electron chi connectivity index (χ3n) is 2.23. The van der Waals surface area contributed by atoms with Crippen LogP contribution in [0.5, 0.6) is 0 Å². The molecule has 0 saturated heterocycles. The first-order valence-corrected chi connectivity index (χ1v) is 5.62. The Hall–Kier alpha value is -1.04. The largest absolute Gasteiger partial charge is 0.0885 e. The summed E-state index contributed by atoms with van der Waals surface area (Å²) in [7, 11) is 0. The summed E-state index contributed by atoms with van der Waals surface area (Å²) in [5.41, 5.74) is 0. The number of allylic oxidation sites excluding steroid dienone is 8. The molecule has 0 aliphatic heterocycles. The molecule has 0 fully saturated rings. The molecule has 0 aromatic rings. The average Bonchev–Trinajstić information content (AvgIpc) is 2.22. The van der Waals surface area contributed by atoms with E-state index in [2.05, 4.69) is 48.6 Å². The quantitative estimate of drug-likeness (QED) is 0.489. The van der Waals surface area contributed by atoms with E-state index in [-0.39, 0.29) is 0 Å². The molecule has 0 saturated carbocycles. The van der Waals surface area contributed by atoms with E-state index in [1.54, 1.807) is 0 Å². The van der Waals surface area contributed by atoms with Gasteiger partial charge in [0.15, 0.2) is 0 Å². The van der Waals surface area contributed by atoms with Gasteiger partial charge in [-0.05, 0) is 38.5 Å². The molecule has 0 bridgehead atoms. The zero-order valence-corrected chi connectivity index (χ0v) is 8.86. The topological polar surface area (TPSA) is 0 Å². The maximum Gasteiger partial charge on any atom is -0.0166 e. The average molecular weight is 188 g/mol. The molecular formula is C14H20. The van der Waals surface area contributed by atoms with Crippen LogP contribution in [-0.4, -0.2) is 0 Å². The number of rotatable bonds is 0. The van der Waals surface area contributed by atoms with Crippen molar-refractivity contribution in [3.63, 3.8) is 0 Å². The summed E-state index contributed by atoms with van der Waals surface area (Å²) in [4.78, 5) is 0. The Morgan fingerprint density at radius 1 is 0.500 bits per heavy atom. The van der Waals surface area contributed by atoms with Crippen molar-refractivity contribution in [1.82, 2.24) is 0 Å². The first-order valence-electron chi connectivity index (χ1n) is 5.62. The van der Waals surface area contributed by atoms with E-state index in [1.807, 2.05) is 0 Å². The van der Waals surface area contributed by atoms with Crippen LogP contribution in [0.1, 0.15) is 38.5 Å². The van der Waals surface area contributed by atoms with E-state index >= 15 is 0 Å².